The number of rotatable bonds is 4. The Morgan fingerprint density at radius 2 is 2.00 bits per heavy atom. The maximum Gasteiger partial charge on any atom is 0.340 e. The highest BCUT2D eigenvalue weighted by molar-refractivity contribution is 5.96. The fourth-order valence-corrected chi connectivity index (χ4v) is 1.89. The zero-order valence-corrected chi connectivity index (χ0v) is 11.6. The van der Waals surface area contributed by atoms with Gasteiger partial charge in [-0.25, -0.2) is 4.79 Å². The molecule has 0 aliphatic carbocycles. The Balaban J connectivity index is 2.15. The number of anilines is 2. The topological polar surface area (TPSA) is 88.1 Å². The number of nitrogens with zero attached hydrogens (tertiary/aromatic N) is 1. The number of nitriles is 1. The third kappa shape index (κ3) is 3.51. The van der Waals surface area contributed by atoms with E-state index in [1.54, 1.807) is 30.3 Å². The Kier molecular flexibility index (Phi) is 4.42. The summed E-state index contributed by atoms with van der Waals surface area (Å²) in [7, 11) is 1.33. The van der Waals surface area contributed by atoms with Crippen LogP contribution in [0.5, 0.6) is 0 Å². The second-order valence-electron chi connectivity index (χ2n) is 4.46. The van der Waals surface area contributed by atoms with Crippen LogP contribution < -0.4 is 11.1 Å². The van der Waals surface area contributed by atoms with E-state index >= 15 is 0 Å². The number of hydrogen-bond acceptors (Lipinski definition) is 5. The molecule has 0 aromatic heterocycles. The van der Waals surface area contributed by atoms with E-state index < -0.39 is 5.97 Å². The van der Waals surface area contributed by atoms with Gasteiger partial charge in [0.05, 0.1) is 24.3 Å². The Labute approximate surface area is 123 Å². The first kappa shape index (κ1) is 14.4. The van der Waals surface area contributed by atoms with Gasteiger partial charge in [0.15, 0.2) is 0 Å². The van der Waals surface area contributed by atoms with Gasteiger partial charge in [0.2, 0.25) is 0 Å². The number of esters is 1. The number of methoxy groups -OCH3 is 1. The standard InChI is InChI=1S/C16H15N3O2/c1-21-16(20)14-8-13(18)6-7-15(14)19-10-12-4-2-11(9-17)3-5-12/h2-8,19H,10,18H2,1H3. The maximum atomic E-state index is 11.7. The second-order valence-corrected chi connectivity index (χ2v) is 4.46. The van der Waals surface area contributed by atoms with Crippen molar-refractivity contribution in [2.24, 2.45) is 0 Å². The molecule has 2 aromatic carbocycles. The number of benzene rings is 2. The van der Waals surface area contributed by atoms with Crippen LogP contribution in [0, 0.1) is 11.3 Å². The lowest BCUT2D eigenvalue weighted by Gasteiger charge is -2.11. The van der Waals surface area contributed by atoms with Crippen molar-refractivity contribution in [3.8, 4) is 6.07 Å². The zero-order chi connectivity index (χ0) is 15.2. The van der Waals surface area contributed by atoms with Crippen LogP contribution in [-0.4, -0.2) is 13.1 Å². The molecule has 0 saturated carbocycles. The minimum atomic E-state index is -0.440. The van der Waals surface area contributed by atoms with Gasteiger partial charge in [0.1, 0.15) is 0 Å². The van der Waals surface area contributed by atoms with Crippen LogP contribution in [0.2, 0.25) is 0 Å². The predicted molar refractivity (Wildman–Crippen MR) is 80.7 cm³/mol. The van der Waals surface area contributed by atoms with Gasteiger partial charge in [-0.1, -0.05) is 12.1 Å². The lowest BCUT2D eigenvalue weighted by atomic mass is 10.1. The fourth-order valence-electron chi connectivity index (χ4n) is 1.89. The second kappa shape index (κ2) is 6.44. The number of nitrogen functional groups attached to an aromatic ring is 1. The Hall–Kier alpha value is -3.00. The van der Waals surface area contributed by atoms with E-state index in [1.165, 1.54) is 7.11 Å². The summed E-state index contributed by atoms with van der Waals surface area (Å²) in [6.07, 6.45) is 0. The van der Waals surface area contributed by atoms with E-state index in [1.807, 2.05) is 12.1 Å². The summed E-state index contributed by atoms with van der Waals surface area (Å²) in [6.45, 7) is 0.527. The van der Waals surface area contributed by atoms with Crippen LogP contribution in [0.4, 0.5) is 11.4 Å². The third-order valence-corrected chi connectivity index (χ3v) is 3.01. The molecule has 5 heteroatoms. The SMILES string of the molecule is COC(=O)c1cc(N)ccc1NCc1ccc(C#N)cc1. The molecular formula is C16H15N3O2. The first-order valence-corrected chi connectivity index (χ1v) is 6.35. The molecule has 0 fully saturated rings. The monoisotopic (exact) mass is 281 g/mol. The molecule has 106 valence electrons. The molecule has 3 N–H and O–H groups in total. The summed E-state index contributed by atoms with van der Waals surface area (Å²) in [5.41, 5.74) is 8.85. The molecule has 21 heavy (non-hydrogen) atoms. The molecule has 5 nitrogen and oxygen atoms in total. The van der Waals surface area contributed by atoms with E-state index in [0.29, 0.717) is 29.0 Å². The summed E-state index contributed by atoms with van der Waals surface area (Å²) in [5.74, 6) is -0.440. The van der Waals surface area contributed by atoms with Gasteiger partial charge in [0, 0.05) is 17.9 Å². The van der Waals surface area contributed by atoms with Crippen molar-refractivity contribution in [1.29, 1.82) is 5.26 Å². The highest BCUT2D eigenvalue weighted by atomic mass is 16.5. The number of hydrogen-bond donors (Lipinski definition) is 2. The highest BCUT2D eigenvalue weighted by Gasteiger charge is 2.12. The molecule has 0 saturated heterocycles. The van der Waals surface area contributed by atoms with Gasteiger partial charge in [-0.05, 0) is 35.9 Å². The van der Waals surface area contributed by atoms with E-state index in [-0.39, 0.29) is 0 Å². The van der Waals surface area contributed by atoms with Gasteiger partial charge < -0.3 is 15.8 Å². The number of carbonyl (C=O) groups excluding carboxylic acids is 1. The molecule has 2 aromatic rings. The van der Waals surface area contributed by atoms with E-state index in [2.05, 4.69) is 11.4 Å². The zero-order valence-electron chi connectivity index (χ0n) is 11.6. The molecule has 0 atom stereocenters. The number of nitrogens with one attached hydrogen (secondary N) is 1. The average molecular weight is 281 g/mol. The van der Waals surface area contributed by atoms with E-state index in [0.717, 1.165) is 5.56 Å². The summed E-state index contributed by atoms with van der Waals surface area (Å²) < 4.78 is 4.74. The van der Waals surface area contributed by atoms with Crippen LogP contribution in [0.15, 0.2) is 42.5 Å². The Bertz CT molecular complexity index is 688. The molecule has 0 amide bonds. The van der Waals surface area contributed by atoms with E-state index in [9.17, 15) is 4.79 Å². The number of carbonyl (C=O) groups is 1. The van der Waals surface area contributed by atoms with Crippen LogP contribution in [-0.2, 0) is 11.3 Å². The smallest absolute Gasteiger partial charge is 0.340 e. The molecule has 0 radical (unpaired) electrons. The van der Waals surface area contributed by atoms with Crippen molar-refractivity contribution >= 4 is 17.3 Å². The van der Waals surface area contributed by atoms with Gasteiger partial charge in [-0.15, -0.1) is 0 Å². The van der Waals surface area contributed by atoms with Crippen LogP contribution >= 0.6 is 0 Å². The normalized spacial score (nSPS) is 9.71. The molecule has 0 aliphatic rings. The van der Waals surface area contributed by atoms with E-state index in [4.69, 9.17) is 15.7 Å². The molecule has 0 unspecified atom stereocenters. The quantitative estimate of drug-likeness (QED) is 0.664. The van der Waals surface area contributed by atoms with Crippen LogP contribution in [0.25, 0.3) is 0 Å². The first-order valence-electron chi connectivity index (χ1n) is 6.35. The Morgan fingerprint density at radius 1 is 1.29 bits per heavy atom. The largest absolute Gasteiger partial charge is 0.465 e. The minimum Gasteiger partial charge on any atom is -0.465 e. The first-order chi connectivity index (χ1) is 10.1. The number of ether oxygens (including phenoxy) is 1. The maximum absolute atomic E-state index is 11.7. The van der Waals surface area contributed by atoms with Crippen molar-refractivity contribution in [2.75, 3.05) is 18.2 Å². The lowest BCUT2D eigenvalue weighted by molar-refractivity contribution is 0.0602. The summed E-state index contributed by atoms with van der Waals surface area (Å²) in [4.78, 5) is 11.7. The average Bonchev–Trinajstić information content (AvgIpc) is 2.53. The Morgan fingerprint density at radius 3 is 2.62 bits per heavy atom. The van der Waals surface area contributed by atoms with Gasteiger partial charge in [-0.2, -0.15) is 5.26 Å². The van der Waals surface area contributed by atoms with Gasteiger partial charge in [0.25, 0.3) is 0 Å². The predicted octanol–water partition coefficient (Wildman–Crippen LogP) is 2.54. The molecule has 0 spiro atoms. The van der Waals surface area contributed by atoms with Crippen LogP contribution in [0.3, 0.4) is 0 Å². The molecule has 0 bridgehead atoms. The molecule has 0 heterocycles. The summed E-state index contributed by atoms with van der Waals surface area (Å²) in [6, 6.07) is 14.3. The number of nitrogens with two attached hydrogens (primary N) is 1. The third-order valence-electron chi connectivity index (χ3n) is 3.01. The molecular weight excluding hydrogens is 266 g/mol. The van der Waals surface area contributed by atoms with Crippen molar-refractivity contribution in [3.63, 3.8) is 0 Å². The van der Waals surface area contributed by atoms with Crippen molar-refractivity contribution < 1.29 is 9.53 Å². The van der Waals surface area contributed by atoms with Crippen LogP contribution in [0.1, 0.15) is 21.5 Å². The fraction of sp³-hybridized carbons (Fsp3) is 0.125. The molecule has 2 rings (SSSR count). The molecule has 0 aliphatic heterocycles. The lowest BCUT2D eigenvalue weighted by Crippen LogP contribution is -2.09. The van der Waals surface area contributed by atoms with Gasteiger partial charge in [-0.3, -0.25) is 0 Å². The minimum absolute atomic E-state index is 0.395. The van der Waals surface area contributed by atoms with Crippen molar-refractivity contribution in [3.05, 3.63) is 59.2 Å². The van der Waals surface area contributed by atoms with Crippen molar-refractivity contribution in [2.45, 2.75) is 6.54 Å². The van der Waals surface area contributed by atoms with Gasteiger partial charge >= 0.3 is 5.97 Å². The summed E-state index contributed by atoms with van der Waals surface area (Å²) >= 11 is 0. The van der Waals surface area contributed by atoms with Crippen molar-refractivity contribution in [1.82, 2.24) is 0 Å². The highest BCUT2D eigenvalue weighted by Crippen LogP contribution is 2.20. The summed E-state index contributed by atoms with van der Waals surface area (Å²) in [5, 5.41) is 11.9.